The van der Waals surface area contributed by atoms with E-state index in [1.807, 2.05) is 0 Å². The molecule has 0 spiro atoms. The molecule has 2 fully saturated rings. The van der Waals surface area contributed by atoms with Crippen LogP contribution >= 0.6 is 0 Å². The van der Waals surface area contributed by atoms with E-state index in [9.17, 15) is 9.59 Å². The topological polar surface area (TPSA) is 98.7 Å². The first-order chi connectivity index (χ1) is 7.87. The highest BCUT2D eigenvalue weighted by Crippen LogP contribution is 2.31. The summed E-state index contributed by atoms with van der Waals surface area (Å²) < 4.78 is 5.18. The molecule has 0 aliphatic carbocycles. The molecule has 2 aliphatic heterocycles. The number of amides is 2. The van der Waals surface area contributed by atoms with Crippen LogP contribution in [0.1, 0.15) is 19.8 Å². The van der Waals surface area contributed by atoms with Crippen LogP contribution in [0.3, 0.4) is 0 Å². The van der Waals surface area contributed by atoms with Gasteiger partial charge < -0.3 is 21.1 Å². The molecule has 2 heterocycles. The quantitative estimate of drug-likeness (QED) is 0.636. The van der Waals surface area contributed by atoms with Crippen molar-refractivity contribution in [3.8, 4) is 0 Å². The van der Waals surface area contributed by atoms with Crippen molar-refractivity contribution in [2.75, 3.05) is 26.3 Å². The van der Waals surface area contributed by atoms with Gasteiger partial charge in [0.2, 0.25) is 11.8 Å². The van der Waals surface area contributed by atoms with Crippen molar-refractivity contribution in [1.29, 1.82) is 0 Å². The molecular formula is C11H19N3O3. The Balaban J connectivity index is 2.06. The Labute approximate surface area is 100 Å². The average Bonchev–Trinajstić information content (AvgIpc) is 2.86. The average molecular weight is 241 g/mol. The molecule has 2 atom stereocenters. The fraction of sp³-hybridized carbons (Fsp3) is 0.818. The zero-order valence-electron chi connectivity index (χ0n) is 10.1. The zero-order chi connectivity index (χ0) is 12.7. The van der Waals surface area contributed by atoms with Gasteiger partial charge in [0, 0.05) is 19.7 Å². The van der Waals surface area contributed by atoms with Crippen molar-refractivity contribution >= 4 is 11.8 Å². The fourth-order valence-electron chi connectivity index (χ4n) is 2.40. The van der Waals surface area contributed by atoms with Gasteiger partial charge in [-0.1, -0.05) is 0 Å². The van der Waals surface area contributed by atoms with E-state index in [1.54, 1.807) is 11.8 Å². The lowest BCUT2D eigenvalue weighted by Crippen LogP contribution is -2.56. The monoisotopic (exact) mass is 241 g/mol. The maximum absolute atomic E-state index is 12.2. The third kappa shape index (κ3) is 2.02. The zero-order valence-corrected chi connectivity index (χ0v) is 10.1. The predicted octanol–water partition coefficient (Wildman–Crippen LogP) is -1.17. The van der Waals surface area contributed by atoms with Gasteiger partial charge in [-0.25, -0.2) is 0 Å². The molecule has 0 radical (unpaired) electrons. The molecule has 4 N–H and O–H groups in total. The molecule has 0 aromatic carbocycles. The van der Waals surface area contributed by atoms with Gasteiger partial charge in [0.25, 0.3) is 0 Å². The molecule has 17 heavy (non-hydrogen) atoms. The van der Waals surface area contributed by atoms with Crippen LogP contribution in [0.25, 0.3) is 0 Å². The fourth-order valence-corrected chi connectivity index (χ4v) is 2.40. The molecule has 2 rings (SSSR count). The van der Waals surface area contributed by atoms with Crippen molar-refractivity contribution in [2.45, 2.75) is 25.3 Å². The van der Waals surface area contributed by atoms with Gasteiger partial charge in [-0.3, -0.25) is 9.59 Å². The highest BCUT2D eigenvalue weighted by molar-refractivity contribution is 5.89. The minimum absolute atomic E-state index is 0.125. The summed E-state index contributed by atoms with van der Waals surface area (Å²) in [5, 5.41) is 0. The van der Waals surface area contributed by atoms with Gasteiger partial charge in [-0.05, 0) is 19.8 Å². The Hall–Kier alpha value is -1.14. The molecule has 0 bridgehead atoms. The Morgan fingerprint density at radius 3 is 2.53 bits per heavy atom. The van der Waals surface area contributed by atoms with Gasteiger partial charge in [-0.15, -0.1) is 0 Å². The van der Waals surface area contributed by atoms with Crippen molar-refractivity contribution in [2.24, 2.45) is 16.9 Å². The summed E-state index contributed by atoms with van der Waals surface area (Å²) in [6.07, 6.45) is 1.14. The minimum atomic E-state index is -0.914. The lowest BCUT2D eigenvalue weighted by Gasteiger charge is -2.28. The maximum Gasteiger partial charge on any atom is 0.245 e. The Morgan fingerprint density at radius 2 is 2.06 bits per heavy atom. The summed E-state index contributed by atoms with van der Waals surface area (Å²) in [5.41, 5.74) is 9.83. The minimum Gasteiger partial charge on any atom is -0.379 e. The molecule has 0 saturated carbocycles. The number of hydrogen-bond acceptors (Lipinski definition) is 4. The first-order valence-electron chi connectivity index (χ1n) is 5.83. The van der Waals surface area contributed by atoms with Crippen LogP contribution < -0.4 is 11.5 Å². The van der Waals surface area contributed by atoms with E-state index >= 15 is 0 Å². The molecule has 2 aliphatic rings. The SMILES string of the molecule is CC1(C(N)=O)CCN(C(=O)C2(N)CCOC2)C1. The van der Waals surface area contributed by atoms with Crippen molar-refractivity contribution in [3.63, 3.8) is 0 Å². The number of carbonyl (C=O) groups excluding carboxylic acids is 2. The molecule has 6 heteroatoms. The van der Waals surface area contributed by atoms with E-state index < -0.39 is 11.0 Å². The molecule has 6 nitrogen and oxygen atoms in total. The van der Waals surface area contributed by atoms with Crippen molar-refractivity contribution in [3.05, 3.63) is 0 Å². The van der Waals surface area contributed by atoms with E-state index in [0.717, 1.165) is 0 Å². The molecule has 0 aromatic heterocycles. The molecule has 2 amide bonds. The van der Waals surface area contributed by atoms with E-state index in [4.69, 9.17) is 16.2 Å². The third-order valence-corrected chi connectivity index (χ3v) is 3.83. The number of carbonyl (C=O) groups is 2. The Bertz CT molecular complexity index is 352. The van der Waals surface area contributed by atoms with Gasteiger partial charge in [-0.2, -0.15) is 0 Å². The van der Waals surface area contributed by atoms with Crippen LogP contribution in [-0.2, 0) is 14.3 Å². The molecule has 2 saturated heterocycles. The Morgan fingerprint density at radius 1 is 1.35 bits per heavy atom. The number of ether oxygens (including phenoxy) is 1. The summed E-state index contributed by atoms with van der Waals surface area (Å²) in [5.74, 6) is -0.485. The number of hydrogen-bond donors (Lipinski definition) is 2. The third-order valence-electron chi connectivity index (χ3n) is 3.83. The maximum atomic E-state index is 12.2. The summed E-state index contributed by atoms with van der Waals surface area (Å²) in [4.78, 5) is 25.2. The summed E-state index contributed by atoms with van der Waals surface area (Å²) in [6, 6.07) is 0. The summed E-state index contributed by atoms with van der Waals surface area (Å²) in [6.45, 7) is 3.47. The standard InChI is InChI=1S/C11H19N3O3/c1-10(8(12)15)2-4-14(6-10)9(16)11(13)3-5-17-7-11/h2-7,13H2,1H3,(H2,12,15). The number of primary amides is 1. The molecule has 0 aromatic rings. The second-order valence-corrected chi connectivity index (χ2v) is 5.36. The predicted molar refractivity (Wildman–Crippen MR) is 60.9 cm³/mol. The number of nitrogens with two attached hydrogens (primary N) is 2. The lowest BCUT2D eigenvalue weighted by molar-refractivity contribution is -0.136. The van der Waals surface area contributed by atoms with E-state index in [1.165, 1.54) is 0 Å². The van der Waals surface area contributed by atoms with E-state index in [0.29, 0.717) is 32.5 Å². The molecule has 96 valence electrons. The number of nitrogens with zero attached hydrogens (tertiary/aromatic N) is 1. The Kier molecular flexibility index (Phi) is 2.87. The van der Waals surface area contributed by atoms with Crippen LogP contribution in [0.5, 0.6) is 0 Å². The van der Waals surface area contributed by atoms with Crippen LogP contribution in [-0.4, -0.2) is 48.6 Å². The normalized spacial score (nSPS) is 37.4. The first kappa shape index (κ1) is 12.3. The smallest absolute Gasteiger partial charge is 0.245 e. The van der Waals surface area contributed by atoms with E-state index in [-0.39, 0.29) is 18.4 Å². The van der Waals surface area contributed by atoms with Crippen LogP contribution in [0, 0.1) is 5.41 Å². The first-order valence-corrected chi connectivity index (χ1v) is 5.83. The highest BCUT2D eigenvalue weighted by atomic mass is 16.5. The number of likely N-dealkylation sites (tertiary alicyclic amines) is 1. The summed E-state index contributed by atoms with van der Waals surface area (Å²) >= 11 is 0. The largest absolute Gasteiger partial charge is 0.379 e. The van der Waals surface area contributed by atoms with Crippen LogP contribution in [0.4, 0.5) is 0 Å². The molecular weight excluding hydrogens is 222 g/mol. The van der Waals surface area contributed by atoms with Crippen LogP contribution in [0.2, 0.25) is 0 Å². The highest BCUT2D eigenvalue weighted by Gasteiger charge is 2.47. The van der Waals surface area contributed by atoms with Gasteiger partial charge in [0.05, 0.1) is 12.0 Å². The second kappa shape index (κ2) is 3.96. The van der Waals surface area contributed by atoms with Crippen molar-refractivity contribution in [1.82, 2.24) is 4.90 Å². The van der Waals surface area contributed by atoms with Crippen molar-refractivity contribution < 1.29 is 14.3 Å². The van der Waals surface area contributed by atoms with Gasteiger partial charge >= 0.3 is 0 Å². The number of rotatable bonds is 2. The van der Waals surface area contributed by atoms with Gasteiger partial charge in [0.1, 0.15) is 5.54 Å². The van der Waals surface area contributed by atoms with E-state index in [2.05, 4.69) is 0 Å². The summed E-state index contributed by atoms with van der Waals surface area (Å²) in [7, 11) is 0. The lowest BCUT2D eigenvalue weighted by atomic mass is 9.89. The van der Waals surface area contributed by atoms with Crippen LogP contribution in [0.15, 0.2) is 0 Å². The second-order valence-electron chi connectivity index (χ2n) is 5.36. The van der Waals surface area contributed by atoms with Gasteiger partial charge in [0.15, 0.2) is 0 Å². The molecule has 2 unspecified atom stereocenters.